The largest absolute Gasteiger partial charge is 0.346 e. The molecule has 3 aromatic rings. The number of aromatic nitrogens is 4. The molecule has 9 heteroatoms. The van der Waals surface area contributed by atoms with E-state index in [1.807, 2.05) is 29.9 Å². The minimum Gasteiger partial charge on any atom is -0.346 e. The van der Waals surface area contributed by atoms with Gasteiger partial charge in [0.15, 0.2) is 5.11 Å². The Kier molecular flexibility index (Phi) is 5.67. The third-order valence-corrected chi connectivity index (χ3v) is 4.96. The fraction of sp³-hybridized carbons (Fsp3) is 0.235. The lowest BCUT2D eigenvalue weighted by Gasteiger charge is -2.20. The zero-order chi connectivity index (χ0) is 18.7. The molecule has 2 heterocycles. The molecule has 0 spiro atoms. The average molecular weight is 437 g/mol. The molecule has 0 aliphatic carbocycles. The first-order valence-electron chi connectivity index (χ1n) is 7.88. The van der Waals surface area contributed by atoms with E-state index in [2.05, 4.69) is 31.4 Å². The van der Waals surface area contributed by atoms with Gasteiger partial charge in [-0.15, -0.1) is 0 Å². The lowest BCUT2D eigenvalue weighted by Crippen LogP contribution is -2.31. The van der Waals surface area contributed by atoms with Crippen LogP contribution in [-0.4, -0.2) is 36.6 Å². The Morgan fingerprint density at radius 3 is 2.65 bits per heavy atom. The molecular formula is C17H18BrFN6S. The van der Waals surface area contributed by atoms with Crippen LogP contribution in [0.2, 0.25) is 0 Å². The summed E-state index contributed by atoms with van der Waals surface area (Å²) in [5.41, 5.74) is 2.80. The van der Waals surface area contributed by atoms with E-state index in [9.17, 15) is 4.39 Å². The maximum atomic E-state index is 13.0. The number of halogens is 2. The van der Waals surface area contributed by atoms with E-state index in [1.54, 1.807) is 29.2 Å². The molecule has 136 valence electrons. The lowest BCUT2D eigenvalue weighted by atomic mass is 10.2. The molecule has 0 bridgehead atoms. The van der Waals surface area contributed by atoms with Crippen molar-refractivity contribution in [2.45, 2.75) is 13.1 Å². The Labute approximate surface area is 164 Å². The third-order valence-electron chi connectivity index (χ3n) is 3.89. The van der Waals surface area contributed by atoms with Crippen molar-refractivity contribution in [1.82, 2.24) is 24.5 Å². The van der Waals surface area contributed by atoms with E-state index in [-0.39, 0.29) is 5.82 Å². The predicted octanol–water partition coefficient (Wildman–Crippen LogP) is 3.40. The van der Waals surface area contributed by atoms with Gasteiger partial charge in [0.25, 0.3) is 0 Å². The number of aryl methyl sites for hydroxylation is 1. The smallest absolute Gasteiger partial charge is 0.173 e. The van der Waals surface area contributed by atoms with Crippen molar-refractivity contribution in [3.8, 4) is 0 Å². The van der Waals surface area contributed by atoms with Crippen LogP contribution < -0.4 is 5.32 Å². The summed E-state index contributed by atoms with van der Waals surface area (Å²) in [5, 5.41) is 12.3. The molecule has 3 rings (SSSR count). The topological polar surface area (TPSA) is 50.9 Å². The number of thiocarbonyl (C=S) groups is 1. The van der Waals surface area contributed by atoms with Gasteiger partial charge < -0.3 is 10.2 Å². The highest BCUT2D eigenvalue weighted by Gasteiger charge is 2.12. The van der Waals surface area contributed by atoms with Crippen molar-refractivity contribution in [3.05, 3.63) is 64.4 Å². The molecule has 0 atom stereocenters. The summed E-state index contributed by atoms with van der Waals surface area (Å²) in [7, 11) is 3.81. The summed E-state index contributed by atoms with van der Waals surface area (Å²) in [6.45, 7) is 1.18. The highest BCUT2D eigenvalue weighted by molar-refractivity contribution is 9.10. The first-order valence-corrected chi connectivity index (χ1v) is 9.08. The molecule has 2 aromatic heterocycles. The van der Waals surface area contributed by atoms with E-state index < -0.39 is 0 Å². The normalized spacial score (nSPS) is 10.8. The van der Waals surface area contributed by atoms with Crippen LogP contribution in [0.25, 0.3) is 0 Å². The van der Waals surface area contributed by atoms with Crippen molar-refractivity contribution >= 4 is 38.9 Å². The van der Waals surface area contributed by atoms with Crippen LogP contribution in [0.3, 0.4) is 0 Å². The van der Waals surface area contributed by atoms with Gasteiger partial charge in [-0.3, -0.25) is 9.36 Å². The van der Waals surface area contributed by atoms with Crippen molar-refractivity contribution < 1.29 is 4.39 Å². The zero-order valence-electron chi connectivity index (χ0n) is 14.4. The second-order valence-corrected chi connectivity index (χ2v) is 7.14. The van der Waals surface area contributed by atoms with Crippen LogP contribution in [0.15, 0.2) is 47.3 Å². The first kappa shape index (κ1) is 18.5. The molecule has 1 N–H and O–H groups in total. The summed E-state index contributed by atoms with van der Waals surface area (Å²) < 4.78 is 17.5. The average Bonchev–Trinajstić information content (AvgIpc) is 3.18. The van der Waals surface area contributed by atoms with Crippen molar-refractivity contribution in [3.63, 3.8) is 0 Å². The number of benzene rings is 1. The fourth-order valence-electron chi connectivity index (χ4n) is 2.42. The molecule has 0 fully saturated rings. The summed E-state index contributed by atoms with van der Waals surface area (Å²) >= 11 is 8.95. The molecule has 6 nitrogen and oxygen atoms in total. The summed E-state index contributed by atoms with van der Waals surface area (Å²) in [6, 6.07) is 6.37. The maximum absolute atomic E-state index is 13.0. The molecule has 0 aliphatic rings. The molecule has 0 radical (unpaired) electrons. The number of nitrogens with one attached hydrogen (secondary N) is 1. The van der Waals surface area contributed by atoms with Gasteiger partial charge in [-0.1, -0.05) is 12.1 Å². The summed E-state index contributed by atoms with van der Waals surface area (Å²) in [4.78, 5) is 1.93. The Morgan fingerprint density at radius 2 is 2.00 bits per heavy atom. The third kappa shape index (κ3) is 4.47. The molecule has 26 heavy (non-hydrogen) atoms. The number of hydrogen-bond donors (Lipinski definition) is 1. The van der Waals surface area contributed by atoms with Gasteiger partial charge in [-0.2, -0.15) is 10.2 Å². The van der Waals surface area contributed by atoms with Gasteiger partial charge in [-0.25, -0.2) is 4.39 Å². The summed E-state index contributed by atoms with van der Waals surface area (Å²) in [6.07, 6.45) is 5.34. The van der Waals surface area contributed by atoms with Gasteiger partial charge in [0.2, 0.25) is 0 Å². The quantitative estimate of drug-likeness (QED) is 0.621. The summed E-state index contributed by atoms with van der Waals surface area (Å²) in [5.74, 6) is -0.245. The molecule has 0 unspecified atom stereocenters. The fourth-order valence-corrected chi connectivity index (χ4v) is 3.08. The van der Waals surface area contributed by atoms with Crippen LogP contribution in [-0.2, 0) is 20.1 Å². The number of nitrogens with zero attached hydrogens (tertiary/aromatic N) is 5. The highest BCUT2D eigenvalue weighted by Crippen LogP contribution is 2.17. The standard InChI is InChI=1S/C17H18BrFN6S/c1-23(11-16-15(18)8-20-24(16)2)17(26)22-14-7-21-25(10-14)9-12-3-5-13(19)6-4-12/h3-8,10H,9,11H2,1-2H3,(H,22,26). The Balaban J connectivity index is 1.59. The van der Waals surface area contributed by atoms with E-state index >= 15 is 0 Å². The lowest BCUT2D eigenvalue weighted by molar-refractivity contribution is 0.481. The number of hydrogen-bond acceptors (Lipinski definition) is 3. The van der Waals surface area contributed by atoms with Crippen molar-refractivity contribution in [2.75, 3.05) is 12.4 Å². The Hall–Kier alpha value is -2.26. The zero-order valence-corrected chi connectivity index (χ0v) is 16.8. The number of rotatable bonds is 5. The number of anilines is 1. The molecule has 0 aliphatic heterocycles. The molecule has 0 saturated heterocycles. The van der Waals surface area contributed by atoms with Gasteiger partial charge in [0.05, 0.1) is 41.3 Å². The van der Waals surface area contributed by atoms with E-state index in [1.165, 1.54) is 12.1 Å². The molecule has 0 saturated carbocycles. The maximum Gasteiger partial charge on any atom is 0.173 e. The van der Waals surface area contributed by atoms with Crippen LogP contribution >= 0.6 is 28.1 Å². The van der Waals surface area contributed by atoms with Crippen molar-refractivity contribution in [1.29, 1.82) is 0 Å². The predicted molar refractivity (Wildman–Crippen MR) is 106 cm³/mol. The van der Waals surface area contributed by atoms with Crippen molar-refractivity contribution in [2.24, 2.45) is 7.05 Å². The first-order chi connectivity index (χ1) is 12.4. The second kappa shape index (κ2) is 7.96. The van der Waals surface area contributed by atoms with Crippen LogP contribution in [0, 0.1) is 5.82 Å². The van der Waals surface area contributed by atoms with Gasteiger partial charge in [0.1, 0.15) is 5.82 Å². The highest BCUT2D eigenvalue weighted by atomic mass is 79.9. The van der Waals surface area contributed by atoms with Crippen LogP contribution in [0.4, 0.5) is 10.1 Å². The Bertz CT molecular complexity index is 885. The minimum absolute atomic E-state index is 0.245. The monoisotopic (exact) mass is 436 g/mol. The Morgan fingerprint density at radius 1 is 1.27 bits per heavy atom. The minimum atomic E-state index is -0.245. The second-order valence-electron chi connectivity index (χ2n) is 5.90. The van der Waals surface area contributed by atoms with Gasteiger partial charge >= 0.3 is 0 Å². The molecule has 1 aromatic carbocycles. The van der Waals surface area contributed by atoms with Gasteiger partial charge in [0, 0.05) is 20.3 Å². The van der Waals surface area contributed by atoms with Crippen LogP contribution in [0.1, 0.15) is 11.3 Å². The van der Waals surface area contributed by atoms with Gasteiger partial charge in [-0.05, 0) is 45.8 Å². The molecule has 0 amide bonds. The van der Waals surface area contributed by atoms with E-state index in [4.69, 9.17) is 12.2 Å². The van der Waals surface area contributed by atoms with E-state index in [0.717, 1.165) is 21.4 Å². The van der Waals surface area contributed by atoms with E-state index in [0.29, 0.717) is 18.2 Å². The SMILES string of the molecule is CN(Cc1c(Br)cnn1C)C(=S)Nc1cnn(Cc2ccc(F)cc2)c1. The van der Waals surface area contributed by atoms with Crippen LogP contribution in [0.5, 0.6) is 0 Å². The molecular weight excluding hydrogens is 419 g/mol.